The fourth-order valence-electron chi connectivity index (χ4n) is 2.58. The van der Waals surface area contributed by atoms with Crippen LogP contribution in [-0.2, 0) is 6.42 Å². The highest BCUT2D eigenvalue weighted by atomic mass is 16.3. The van der Waals surface area contributed by atoms with Crippen LogP contribution in [0.3, 0.4) is 0 Å². The Morgan fingerprint density at radius 3 is 2.72 bits per heavy atom. The minimum absolute atomic E-state index is 0.456. The second-order valence-corrected chi connectivity index (χ2v) is 5.12. The lowest BCUT2D eigenvalue weighted by Crippen LogP contribution is -2.43. The van der Waals surface area contributed by atoms with Crippen molar-refractivity contribution in [2.24, 2.45) is 0 Å². The van der Waals surface area contributed by atoms with E-state index in [0.717, 1.165) is 31.5 Å². The topological polar surface area (TPSA) is 35.5 Å². The fourth-order valence-corrected chi connectivity index (χ4v) is 2.58. The third-order valence-electron chi connectivity index (χ3n) is 3.75. The van der Waals surface area contributed by atoms with Gasteiger partial charge in [-0.1, -0.05) is 12.1 Å². The number of piperazine rings is 1. The van der Waals surface area contributed by atoms with Crippen LogP contribution in [0.5, 0.6) is 5.75 Å². The standard InChI is InChI=1S/C15H24N2O/c1-13-5-4-7-15(18)14(13)6-2-3-10-17-11-8-16-9-12-17/h4-5,7,16,18H,2-3,6,8-12H2,1H3. The minimum atomic E-state index is 0.456. The maximum Gasteiger partial charge on any atom is 0.119 e. The first-order valence-electron chi connectivity index (χ1n) is 6.98. The molecule has 1 aliphatic rings. The number of rotatable bonds is 5. The number of aromatic hydroxyl groups is 1. The van der Waals surface area contributed by atoms with Gasteiger partial charge in [-0.25, -0.2) is 0 Å². The van der Waals surface area contributed by atoms with Gasteiger partial charge < -0.3 is 15.3 Å². The van der Waals surface area contributed by atoms with Crippen LogP contribution in [0.15, 0.2) is 18.2 Å². The molecule has 1 saturated heterocycles. The molecule has 0 atom stereocenters. The summed E-state index contributed by atoms with van der Waals surface area (Å²) in [6.07, 6.45) is 3.36. The zero-order valence-electron chi connectivity index (χ0n) is 11.3. The van der Waals surface area contributed by atoms with Crippen molar-refractivity contribution < 1.29 is 5.11 Å². The van der Waals surface area contributed by atoms with E-state index in [-0.39, 0.29) is 0 Å². The lowest BCUT2D eigenvalue weighted by Gasteiger charge is -2.27. The first kappa shape index (κ1) is 13.4. The number of nitrogens with one attached hydrogen (secondary N) is 1. The van der Waals surface area contributed by atoms with Gasteiger partial charge in [-0.05, 0) is 49.9 Å². The summed E-state index contributed by atoms with van der Waals surface area (Å²) in [5.41, 5.74) is 2.33. The maximum absolute atomic E-state index is 9.82. The van der Waals surface area contributed by atoms with Gasteiger partial charge in [0.1, 0.15) is 5.75 Å². The van der Waals surface area contributed by atoms with Crippen molar-refractivity contribution in [1.82, 2.24) is 10.2 Å². The van der Waals surface area contributed by atoms with Crippen LogP contribution in [0.2, 0.25) is 0 Å². The maximum atomic E-state index is 9.82. The molecule has 0 bridgehead atoms. The number of hydrogen-bond acceptors (Lipinski definition) is 3. The van der Waals surface area contributed by atoms with Crippen LogP contribution in [0, 0.1) is 6.92 Å². The van der Waals surface area contributed by atoms with Gasteiger partial charge >= 0.3 is 0 Å². The van der Waals surface area contributed by atoms with Crippen molar-refractivity contribution in [1.29, 1.82) is 0 Å². The molecule has 18 heavy (non-hydrogen) atoms. The molecule has 1 aromatic rings. The molecule has 0 amide bonds. The van der Waals surface area contributed by atoms with Gasteiger partial charge in [0.05, 0.1) is 0 Å². The summed E-state index contributed by atoms with van der Waals surface area (Å²) in [6.45, 7) is 7.86. The Morgan fingerprint density at radius 1 is 1.22 bits per heavy atom. The number of hydrogen-bond donors (Lipinski definition) is 2. The summed E-state index contributed by atoms with van der Waals surface area (Å²) in [7, 11) is 0. The predicted molar refractivity (Wildman–Crippen MR) is 75.1 cm³/mol. The second kappa shape index (κ2) is 6.76. The largest absolute Gasteiger partial charge is 0.508 e. The van der Waals surface area contributed by atoms with Crippen molar-refractivity contribution in [2.45, 2.75) is 26.2 Å². The Hall–Kier alpha value is -1.06. The molecule has 2 rings (SSSR count). The Balaban J connectivity index is 1.71. The normalized spacial score (nSPS) is 16.9. The average Bonchev–Trinajstić information content (AvgIpc) is 2.38. The van der Waals surface area contributed by atoms with Crippen LogP contribution >= 0.6 is 0 Å². The van der Waals surface area contributed by atoms with Gasteiger partial charge in [0, 0.05) is 26.2 Å². The molecule has 0 unspecified atom stereocenters. The Morgan fingerprint density at radius 2 is 2.00 bits per heavy atom. The summed E-state index contributed by atoms with van der Waals surface area (Å²) in [5.74, 6) is 0.456. The highest BCUT2D eigenvalue weighted by Crippen LogP contribution is 2.22. The van der Waals surface area contributed by atoms with Gasteiger partial charge in [0.25, 0.3) is 0 Å². The SMILES string of the molecule is Cc1cccc(O)c1CCCCN1CCNCC1. The number of phenols is 1. The van der Waals surface area contributed by atoms with Crippen molar-refractivity contribution in [3.05, 3.63) is 29.3 Å². The molecule has 1 aromatic carbocycles. The van der Waals surface area contributed by atoms with Crippen LogP contribution < -0.4 is 5.32 Å². The number of benzene rings is 1. The van der Waals surface area contributed by atoms with Gasteiger partial charge in [0.2, 0.25) is 0 Å². The number of nitrogens with zero attached hydrogens (tertiary/aromatic N) is 1. The Bertz CT molecular complexity index is 353. The molecule has 1 fully saturated rings. The molecular formula is C15H24N2O. The molecule has 0 saturated carbocycles. The summed E-state index contributed by atoms with van der Waals surface area (Å²) in [5, 5.41) is 13.2. The van der Waals surface area contributed by atoms with Crippen LogP contribution in [-0.4, -0.2) is 42.7 Å². The highest BCUT2D eigenvalue weighted by molar-refractivity contribution is 5.38. The highest BCUT2D eigenvalue weighted by Gasteiger charge is 2.09. The molecule has 0 aromatic heterocycles. The Labute approximate surface area is 110 Å². The van der Waals surface area contributed by atoms with E-state index in [0.29, 0.717) is 5.75 Å². The van der Waals surface area contributed by atoms with Gasteiger partial charge in [-0.2, -0.15) is 0 Å². The van der Waals surface area contributed by atoms with E-state index in [2.05, 4.69) is 23.2 Å². The summed E-state index contributed by atoms with van der Waals surface area (Å²) < 4.78 is 0. The zero-order chi connectivity index (χ0) is 12.8. The molecule has 100 valence electrons. The minimum Gasteiger partial charge on any atom is -0.508 e. The van der Waals surface area contributed by atoms with E-state index in [4.69, 9.17) is 0 Å². The molecule has 3 nitrogen and oxygen atoms in total. The monoisotopic (exact) mass is 248 g/mol. The van der Waals surface area contributed by atoms with E-state index in [1.54, 1.807) is 6.07 Å². The van der Waals surface area contributed by atoms with Gasteiger partial charge in [-0.3, -0.25) is 0 Å². The first-order chi connectivity index (χ1) is 8.77. The molecule has 0 aliphatic carbocycles. The number of aryl methyl sites for hydroxylation is 1. The molecule has 0 radical (unpaired) electrons. The average molecular weight is 248 g/mol. The second-order valence-electron chi connectivity index (χ2n) is 5.12. The van der Waals surface area contributed by atoms with Crippen LogP contribution in [0.1, 0.15) is 24.0 Å². The summed E-state index contributed by atoms with van der Waals surface area (Å²) >= 11 is 0. The molecule has 1 heterocycles. The molecule has 1 aliphatic heterocycles. The van der Waals surface area contributed by atoms with Gasteiger partial charge in [-0.15, -0.1) is 0 Å². The van der Waals surface area contributed by atoms with Crippen molar-refractivity contribution >= 4 is 0 Å². The summed E-state index contributed by atoms with van der Waals surface area (Å²) in [6, 6.07) is 5.78. The van der Waals surface area contributed by atoms with Gasteiger partial charge in [0.15, 0.2) is 0 Å². The fraction of sp³-hybridized carbons (Fsp3) is 0.600. The first-order valence-corrected chi connectivity index (χ1v) is 6.98. The third kappa shape index (κ3) is 3.72. The molecule has 2 N–H and O–H groups in total. The van der Waals surface area contributed by atoms with Crippen LogP contribution in [0.25, 0.3) is 0 Å². The predicted octanol–water partition coefficient (Wildman–Crippen LogP) is 1.93. The van der Waals surface area contributed by atoms with E-state index in [9.17, 15) is 5.11 Å². The zero-order valence-corrected chi connectivity index (χ0v) is 11.3. The quantitative estimate of drug-likeness (QED) is 0.782. The third-order valence-corrected chi connectivity index (χ3v) is 3.75. The molecular weight excluding hydrogens is 224 g/mol. The number of phenolic OH excluding ortho intramolecular Hbond substituents is 1. The van der Waals surface area contributed by atoms with Crippen molar-refractivity contribution in [3.8, 4) is 5.75 Å². The smallest absolute Gasteiger partial charge is 0.119 e. The Kier molecular flexibility index (Phi) is 5.02. The summed E-state index contributed by atoms with van der Waals surface area (Å²) in [4.78, 5) is 2.52. The van der Waals surface area contributed by atoms with Crippen molar-refractivity contribution in [2.75, 3.05) is 32.7 Å². The van der Waals surface area contributed by atoms with E-state index in [1.807, 2.05) is 6.07 Å². The van der Waals surface area contributed by atoms with E-state index in [1.165, 1.54) is 31.6 Å². The van der Waals surface area contributed by atoms with Crippen LogP contribution in [0.4, 0.5) is 0 Å². The van der Waals surface area contributed by atoms with E-state index >= 15 is 0 Å². The molecule has 0 spiro atoms. The lowest BCUT2D eigenvalue weighted by atomic mass is 10.0. The lowest BCUT2D eigenvalue weighted by molar-refractivity contribution is 0.237. The van der Waals surface area contributed by atoms with E-state index < -0.39 is 0 Å². The van der Waals surface area contributed by atoms with Crippen molar-refractivity contribution in [3.63, 3.8) is 0 Å². The number of unbranched alkanes of at least 4 members (excludes halogenated alkanes) is 1. The molecule has 3 heteroatoms.